The highest BCUT2D eigenvalue weighted by molar-refractivity contribution is 6.18. The van der Waals surface area contributed by atoms with Crippen molar-refractivity contribution < 1.29 is 4.74 Å². The Balaban J connectivity index is 1.92. The zero-order valence-corrected chi connectivity index (χ0v) is 11.0. The van der Waals surface area contributed by atoms with Gasteiger partial charge in [-0.3, -0.25) is 0 Å². The molecule has 0 aromatic carbocycles. The lowest BCUT2D eigenvalue weighted by atomic mass is 10.1. The lowest BCUT2D eigenvalue weighted by Crippen LogP contribution is -2.18. The smallest absolute Gasteiger partial charge is 0.225 e. The Bertz CT molecular complexity index is 380. The van der Waals surface area contributed by atoms with E-state index in [4.69, 9.17) is 16.3 Å². The molecule has 0 saturated heterocycles. The normalized spacial score (nSPS) is 16.9. The van der Waals surface area contributed by atoms with E-state index in [1.165, 1.54) is 12.8 Å². The zero-order valence-electron chi connectivity index (χ0n) is 10.2. The maximum absolute atomic E-state index is 5.92. The van der Waals surface area contributed by atoms with Gasteiger partial charge in [0.1, 0.15) is 0 Å². The average molecular weight is 256 g/mol. The van der Waals surface area contributed by atoms with Crippen molar-refractivity contribution in [3.63, 3.8) is 0 Å². The number of nitrogens with one attached hydrogen (secondary N) is 1. The first kappa shape index (κ1) is 12.4. The summed E-state index contributed by atoms with van der Waals surface area (Å²) in [6, 6.07) is 1.76. The van der Waals surface area contributed by atoms with Gasteiger partial charge in [-0.1, -0.05) is 0 Å². The van der Waals surface area contributed by atoms with Crippen LogP contribution < -0.4 is 10.1 Å². The second kappa shape index (κ2) is 5.08. The highest BCUT2D eigenvalue weighted by Gasteiger charge is 2.41. The number of alkyl halides is 1. The van der Waals surface area contributed by atoms with Crippen LogP contribution in [0.25, 0.3) is 0 Å². The van der Waals surface area contributed by atoms with Crippen LogP contribution in [0.5, 0.6) is 5.88 Å². The molecule has 1 aliphatic carbocycles. The van der Waals surface area contributed by atoms with E-state index in [1.807, 2.05) is 13.8 Å². The molecule has 4 nitrogen and oxygen atoms in total. The van der Waals surface area contributed by atoms with Gasteiger partial charge < -0.3 is 10.1 Å². The van der Waals surface area contributed by atoms with Crippen LogP contribution in [0.3, 0.4) is 0 Å². The minimum absolute atomic E-state index is 0.121. The van der Waals surface area contributed by atoms with Gasteiger partial charge in [-0.2, -0.15) is 4.98 Å². The molecule has 1 saturated carbocycles. The quantitative estimate of drug-likeness (QED) is 0.794. The number of hydrogen-bond acceptors (Lipinski definition) is 4. The molecule has 94 valence electrons. The molecule has 1 fully saturated rings. The Morgan fingerprint density at radius 1 is 1.53 bits per heavy atom. The third kappa shape index (κ3) is 3.46. The number of halogens is 1. The molecule has 1 heterocycles. The van der Waals surface area contributed by atoms with Gasteiger partial charge >= 0.3 is 0 Å². The standard InChI is InChI=1S/C12H18ClN3O/c1-9(2)17-10-3-6-14-11(16-10)15-8-12(7-13)4-5-12/h3,6,9H,4-5,7-8H2,1-2H3,(H,14,15,16). The molecule has 1 N–H and O–H groups in total. The summed E-state index contributed by atoms with van der Waals surface area (Å²) in [5.41, 5.74) is 0.264. The molecular formula is C12H18ClN3O. The van der Waals surface area contributed by atoms with Crippen molar-refractivity contribution in [1.82, 2.24) is 9.97 Å². The van der Waals surface area contributed by atoms with Gasteiger partial charge in [0.15, 0.2) is 0 Å². The highest BCUT2D eigenvalue weighted by atomic mass is 35.5. The Hall–Kier alpha value is -1.03. The van der Waals surface area contributed by atoms with E-state index in [1.54, 1.807) is 12.3 Å². The molecule has 2 rings (SSSR count). The van der Waals surface area contributed by atoms with E-state index in [-0.39, 0.29) is 11.5 Å². The highest BCUT2D eigenvalue weighted by Crippen LogP contribution is 2.46. The van der Waals surface area contributed by atoms with Gasteiger partial charge in [0.25, 0.3) is 0 Å². The molecular weight excluding hydrogens is 238 g/mol. The number of rotatable bonds is 6. The van der Waals surface area contributed by atoms with Crippen molar-refractivity contribution in [2.75, 3.05) is 17.7 Å². The first-order valence-electron chi connectivity index (χ1n) is 5.93. The van der Waals surface area contributed by atoms with Crippen molar-refractivity contribution in [2.24, 2.45) is 5.41 Å². The van der Waals surface area contributed by atoms with Gasteiger partial charge in [-0.25, -0.2) is 4.98 Å². The Morgan fingerprint density at radius 2 is 2.29 bits per heavy atom. The Morgan fingerprint density at radius 3 is 2.88 bits per heavy atom. The second-order valence-electron chi connectivity index (χ2n) is 4.87. The van der Waals surface area contributed by atoms with Crippen LogP contribution >= 0.6 is 11.6 Å². The minimum atomic E-state index is 0.121. The summed E-state index contributed by atoms with van der Waals surface area (Å²) < 4.78 is 5.51. The minimum Gasteiger partial charge on any atom is -0.475 e. The van der Waals surface area contributed by atoms with Crippen molar-refractivity contribution in [1.29, 1.82) is 0 Å². The van der Waals surface area contributed by atoms with Crippen molar-refractivity contribution in [3.05, 3.63) is 12.3 Å². The molecule has 0 unspecified atom stereocenters. The van der Waals surface area contributed by atoms with Gasteiger partial charge in [0, 0.05) is 30.1 Å². The monoisotopic (exact) mass is 255 g/mol. The first-order valence-corrected chi connectivity index (χ1v) is 6.47. The number of nitrogens with zero attached hydrogens (tertiary/aromatic N) is 2. The molecule has 1 aromatic heterocycles. The lowest BCUT2D eigenvalue weighted by molar-refractivity contribution is 0.232. The Labute approximate surface area is 107 Å². The fourth-order valence-corrected chi connectivity index (χ4v) is 1.90. The zero-order chi connectivity index (χ0) is 12.3. The summed E-state index contributed by atoms with van der Waals surface area (Å²) in [7, 11) is 0. The molecule has 0 aliphatic heterocycles. The van der Waals surface area contributed by atoms with E-state index in [9.17, 15) is 0 Å². The summed E-state index contributed by atoms with van der Waals surface area (Å²) in [4.78, 5) is 8.46. The third-order valence-corrected chi connectivity index (χ3v) is 3.42. The molecule has 1 aliphatic rings. The maximum atomic E-state index is 5.92. The fourth-order valence-electron chi connectivity index (χ4n) is 1.54. The molecule has 0 spiro atoms. The van der Waals surface area contributed by atoms with Crippen LogP contribution in [0, 0.1) is 5.41 Å². The van der Waals surface area contributed by atoms with E-state index >= 15 is 0 Å². The molecule has 17 heavy (non-hydrogen) atoms. The fraction of sp³-hybridized carbons (Fsp3) is 0.667. The average Bonchev–Trinajstić information content (AvgIpc) is 3.07. The van der Waals surface area contributed by atoms with Gasteiger partial charge in [0.2, 0.25) is 11.8 Å². The van der Waals surface area contributed by atoms with Crippen molar-refractivity contribution in [2.45, 2.75) is 32.8 Å². The first-order chi connectivity index (χ1) is 8.13. The van der Waals surface area contributed by atoms with E-state index in [0.717, 1.165) is 6.54 Å². The predicted octanol–water partition coefficient (Wildman–Crippen LogP) is 2.69. The van der Waals surface area contributed by atoms with Crippen LogP contribution in [0.2, 0.25) is 0 Å². The number of hydrogen-bond donors (Lipinski definition) is 1. The second-order valence-corrected chi connectivity index (χ2v) is 5.14. The number of aromatic nitrogens is 2. The predicted molar refractivity (Wildman–Crippen MR) is 68.7 cm³/mol. The largest absolute Gasteiger partial charge is 0.475 e. The van der Waals surface area contributed by atoms with Crippen LogP contribution in [-0.2, 0) is 0 Å². The molecule has 0 amide bonds. The topological polar surface area (TPSA) is 47.0 Å². The van der Waals surface area contributed by atoms with E-state index in [0.29, 0.717) is 17.7 Å². The van der Waals surface area contributed by atoms with Crippen molar-refractivity contribution in [3.8, 4) is 5.88 Å². The molecule has 0 atom stereocenters. The summed E-state index contributed by atoms with van der Waals surface area (Å²) in [6.07, 6.45) is 4.19. The number of anilines is 1. The van der Waals surface area contributed by atoms with E-state index in [2.05, 4.69) is 15.3 Å². The Kier molecular flexibility index (Phi) is 3.72. The maximum Gasteiger partial charge on any atom is 0.225 e. The molecule has 5 heteroatoms. The van der Waals surface area contributed by atoms with Gasteiger partial charge in [0.05, 0.1) is 6.10 Å². The third-order valence-electron chi connectivity index (χ3n) is 2.85. The van der Waals surface area contributed by atoms with Crippen LogP contribution in [-0.4, -0.2) is 28.5 Å². The van der Waals surface area contributed by atoms with Crippen molar-refractivity contribution >= 4 is 17.5 Å². The van der Waals surface area contributed by atoms with E-state index < -0.39 is 0 Å². The summed E-state index contributed by atoms with van der Waals surface area (Å²) in [5, 5.41) is 3.23. The molecule has 1 aromatic rings. The molecule has 0 bridgehead atoms. The summed E-state index contributed by atoms with van der Waals surface area (Å²) in [6.45, 7) is 4.78. The summed E-state index contributed by atoms with van der Waals surface area (Å²) in [5.74, 6) is 1.91. The summed E-state index contributed by atoms with van der Waals surface area (Å²) >= 11 is 5.92. The van der Waals surface area contributed by atoms with Gasteiger partial charge in [-0.05, 0) is 26.7 Å². The number of ether oxygens (including phenoxy) is 1. The van der Waals surface area contributed by atoms with Gasteiger partial charge in [-0.15, -0.1) is 11.6 Å². The SMILES string of the molecule is CC(C)Oc1ccnc(NCC2(CCl)CC2)n1. The lowest BCUT2D eigenvalue weighted by Gasteiger charge is -2.13. The van der Waals surface area contributed by atoms with Crippen LogP contribution in [0.4, 0.5) is 5.95 Å². The van der Waals surface area contributed by atoms with Crippen LogP contribution in [0.15, 0.2) is 12.3 Å². The van der Waals surface area contributed by atoms with Crippen LogP contribution in [0.1, 0.15) is 26.7 Å². The molecule has 0 radical (unpaired) electrons.